The van der Waals surface area contributed by atoms with Gasteiger partial charge in [0.2, 0.25) is 0 Å². The summed E-state index contributed by atoms with van der Waals surface area (Å²) in [6.07, 6.45) is 1.89. The molecule has 0 aliphatic carbocycles. The first-order valence-corrected chi connectivity index (χ1v) is 10.7. The molecule has 0 fully saturated rings. The van der Waals surface area contributed by atoms with Crippen LogP contribution in [0.1, 0.15) is 9.75 Å². The topological polar surface area (TPSA) is 78.4 Å². The molecule has 0 radical (unpaired) electrons. The second-order valence-corrected chi connectivity index (χ2v) is 9.67. The molecule has 1 aliphatic rings. The molecule has 0 aromatic carbocycles. The third-order valence-electron chi connectivity index (χ3n) is 2.27. The van der Waals surface area contributed by atoms with Crippen molar-refractivity contribution in [3.05, 3.63) is 50.9 Å². The minimum absolute atomic E-state index is 0.736. The molecule has 106 valence electrons. The Morgan fingerprint density at radius 2 is 1.65 bits per heavy atom. The van der Waals surface area contributed by atoms with Crippen molar-refractivity contribution < 1.29 is 28.0 Å². The highest BCUT2D eigenvalue weighted by atomic mass is 35.7. The van der Waals surface area contributed by atoms with E-state index in [0.717, 1.165) is 19.5 Å². The van der Waals surface area contributed by atoms with Crippen LogP contribution in [-0.2, 0) is 3.74 Å². The molecule has 0 saturated heterocycles. The molecule has 0 bridgehead atoms. The van der Waals surface area contributed by atoms with Crippen molar-refractivity contribution in [1.82, 2.24) is 0 Å². The summed E-state index contributed by atoms with van der Waals surface area (Å²) in [7, 11) is -4.32. The van der Waals surface area contributed by atoms with Crippen LogP contribution in [0.5, 0.6) is 0 Å². The monoisotopic (exact) mass is 366 g/mol. The van der Waals surface area contributed by atoms with E-state index in [1.165, 1.54) is 22.1 Å². The summed E-state index contributed by atoms with van der Waals surface area (Å²) < 4.78 is 37.2. The lowest BCUT2D eigenvalue weighted by Crippen LogP contribution is -2.60. The molecule has 20 heavy (non-hydrogen) atoms. The third-order valence-corrected chi connectivity index (χ3v) is 8.77. The fourth-order valence-corrected chi connectivity index (χ4v) is 8.18. The predicted octanol–water partition coefficient (Wildman–Crippen LogP) is 1.13. The average Bonchev–Trinajstić information content (AvgIpc) is 3.08. The molecule has 1 atom stereocenters. The lowest BCUT2D eigenvalue weighted by Gasteiger charge is -2.12. The van der Waals surface area contributed by atoms with Crippen LogP contribution in [0.25, 0.3) is 4.91 Å². The van der Waals surface area contributed by atoms with Crippen molar-refractivity contribution >= 4 is 53.0 Å². The largest absolute Gasteiger partial charge is 0.182 e. The molecule has 2 aromatic heterocycles. The minimum Gasteiger partial charge on any atom is -0.182 e. The highest BCUT2D eigenvalue weighted by Gasteiger charge is 2.32. The normalized spacial score (nSPS) is 19.4. The van der Waals surface area contributed by atoms with E-state index in [1.54, 1.807) is 11.3 Å². The van der Waals surface area contributed by atoms with Gasteiger partial charge in [0.15, 0.2) is 9.80 Å². The van der Waals surface area contributed by atoms with Gasteiger partial charge in [-0.2, -0.15) is 14.0 Å². The predicted molar refractivity (Wildman–Crippen MR) is 77.0 cm³/mol. The van der Waals surface area contributed by atoms with E-state index in [2.05, 4.69) is 3.74 Å². The highest BCUT2D eigenvalue weighted by molar-refractivity contribution is 8.85. The maximum atomic E-state index is 10.9. The van der Waals surface area contributed by atoms with E-state index >= 15 is 0 Å². The summed E-state index contributed by atoms with van der Waals surface area (Å²) in [6.45, 7) is 0. The molecule has 3 heterocycles. The van der Waals surface area contributed by atoms with Crippen LogP contribution < -0.4 is 14.0 Å². The number of hydrogen-bond acceptors (Lipinski definition) is 7. The average molecular weight is 367 g/mol. The molecule has 1 aliphatic heterocycles. The standard InChI is InChI=1S/C11H7ClO4S4/c13-12(14,15)16-20-11(9-4-2-6-18-9)7-10(19-20)8-3-1-5-17-8/h1-7H. The summed E-state index contributed by atoms with van der Waals surface area (Å²) >= 11 is 3.04. The highest BCUT2D eigenvalue weighted by Crippen LogP contribution is 2.52. The molecule has 0 N–H and O–H groups in total. The quantitative estimate of drug-likeness (QED) is 0.598. The van der Waals surface area contributed by atoms with Crippen LogP contribution >= 0.6 is 43.3 Å². The second-order valence-electron chi connectivity index (χ2n) is 3.59. The Morgan fingerprint density at radius 3 is 2.20 bits per heavy atom. The fourth-order valence-electron chi connectivity index (χ4n) is 1.54. The number of rotatable bonds is 4. The molecule has 2 aromatic rings. The number of allylic oxidation sites excluding steroid dienone is 1. The van der Waals surface area contributed by atoms with Gasteiger partial charge in [0.25, 0.3) is 0 Å². The molecule has 1 unspecified atom stereocenters. The van der Waals surface area contributed by atoms with E-state index in [0.29, 0.717) is 0 Å². The van der Waals surface area contributed by atoms with E-state index in [4.69, 9.17) is 0 Å². The van der Waals surface area contributed by atoms with Gasteiger partial charge in [0.05, 0.1) is 15.1 Å². The zero-order chi connectivity index (χ0) is 14.2. The van der Waals surface area contributed by atoms with Crippen LogP contribution in [0.15, 0.2) is 41.1 Å². The van der Waals surface area contributed by atoms with Crippen LogP contribution in [-0.4, -0.2) is 4.86 Å². The molecule has 4 nitrogen and oxygen atoms in total. The van der Waals surface area contributed by atoms with Gasteiger partial charge in [-0.05, 0) is 39.8 Å². The van der Waals surface area contributed by atoms with Crippen molar-refractivity contribution in [3.8, 4) is 0 Å². The second kappa shape index (κ2) is 5.91. The molecular weight excluding hydrogens is 360 g/mol. The summed E-state index contributed by atoms with van der Waals surface area (Å²) in [6, 6.07) is 7.63. The Kier molecular flexibility index (Phi) is 4.37. The van der Waals surface area contributed by atoms with Gasteiger partial charge < -0.3 is 0 Å². The van der Waals surface area contributed by atoms with Crippen molar-refractivity contribution in [2.45, 2.75) is 0 Å². The van der Waals surface area contributed by atoms with Crippen LogP contribution in [0.3, 0.4) is 0 Å². The molecule has 3 rings (SSSR count). The van der Waals surface area contributed by atoms with E-state index in [1.807, 2.05) is 41.1 Å². The number of halogens is 1. The van der Waals surface area contributed by atoms with Crippen molar-refractivity contribution in [3.63, 3.8) is 0 Å². The zero-order valence-corrected chi connectivity index (χ0v) is 13.7. The summed E-state index contributed by atoms with van der Waals surface area (Å²) in [5, 5.41) is 3.84. The van der Waals surface area contributed by atoms with E-state index < -0.39 is 20.0 Å². The smallest absolute Gasteiger partial charge is 0.181 e. The summed E-state index contributed by atoms with van der Waals surface area (Å²) in [5.41, 5.74) is 0. The molecule has 9 heteroatoms. The van der Waals surface area contributed by atoms with Gasteiger partial charge in [-0.3, -0.25) is 0 Å². The fraction of sp³-hybridized carbons (Fsp3) is 0. The summed E-state index contributed by atoms with van der Waals surface area (Å²) in [4.78, 5) is 3.60. The molecule has 0 spiro atoms. The van der Waals surface area contributed by atoms with Gasteiger partial charge in [0.1, 0.15) is 3.74 Å². The van der Waals surface area contributed by atoms with Gasteiger partial charge in [0, 0.05) is 14.7 Å². The van der Waals surface area contributed by atoms with Crippen molar-refractivity contribution in [1.29, 1.82) is 0 Å². The zero-order valence-electron chi connectivity index (χ0n) is 9.69. The van der Waals surface area contributed by atoms with E-state index in [-0.39, 0.29) is 0 Å². The van der Waals surface area contributed by atoms with Crippen LogP contribution in [0.2, 0.25) is 0 Å². The first-order chi connectivity index (χ1) is 9.53. The first-order valence-electron chi connectivity index (χ1n) is 5.23. The Morgan fingerprint density at radius 1 is 1.00 bits per heavy atom. The maximum Gasteiger partial charge on any atom is 0.181 e. The van der Waals surface area contributed by atoms with Crippen molar-refractivity contribution in [2.24, 2.45) is 0 Å². The number of hydrogen-bond donors (Lipinski definition) is 0. The van der Waals surface area contributed by atoms with Gasteiger partial charge >= 0.3 is 0 Å². The number of thiophene rings is 2. The van der Waals surface area contributed by atoms with Crippen LogP contribution in [0.4, 0.5) is 0 Å². The first kappa shape index (κ1) is 14.8. The molecule has 0 saturated carbocycles. The Hall–Kier alpha value is -0.160. The Balaban J connectivity index is 1.96. The minimum atomic E-state index is -4.44. The Labute approximate surface area is 131 Å². The van der Waals surface area contributed by atoms with E-state index in [9.17, 15) is 14.0 Å². The lowest BCUT2D eigenvalue weighted by atomic mass is 10.3. The van der Waals surface area contributed by atoms with Crippen molar-refractivity contribution in [2.75, 3.05) is 0 Å². The SMILES string of the molecule is [O-][Cl+3]([O-])([O-])OS1=C(c2cccs2)C=C(c2cccs2)S1. The van der Waals surface area contributed by atoms with Gasteiger partial charge in [-0.15, -0.1) is 22.7 Å². The van der Waals surface area contributed by atoms with Crippen LogP contribution in [0, 0.1) is 10.2 Å². The molecular formula is C11H7ClO4S4. The lowest BCUT2D eigenvalue weighted by molar-refractivity contribution is -1.91. The maximum absolute atomic E-state index is 10.9. The Bertz CT molecular complexity index is 655. The molecule has 0 amide bonds. The van der Waals surface area contributed by atoms with Gasteiger partial charge in [-0.25, -0.2) is 0 Å². The van der Waals surface area contributed by atoms with Gasteiger partial charge in [-0.1, -0.05) is 12.1 Å². The third kappa shape index (κ3) is 3.35. The summed E-state index contributed by atoms with van der Waals surface area (Å²) in [5.74, 6) is 0.